The van der Waals surface area contributed by atoms with Crippen molar-refractivity contribution in [2.45, 2.75) is 105 Å². The summed E-state index contributed by atoms with van der Waals surface area (Å²) in [6.07, 6.45) is 3.22. The Balaban J connectivity index is 0.000000163. The fourth-order valence-corrected chi connectivity index (χ4v) is 18.3. The Labute approximate surface area is 593 Å². The molecule has 2 aliphatic rings. The highest BCUT2D eigenvalue weighted by molar-refractivity contribution is 7.99. The van der Waals surface area contributed by atoms with E-state index in [1.54, 1.807) is 102 Å². The van der Waals surface area contributed by atoms with Gasteiger partial charge in [0, 0.05) is 43.9 Å². The van der Waals surface area contributed by atoms with E-state index in [0.29, 0.717) is 29.5 Å². The van der Waals surface area contributed by atoms with Crippen LogP contribution in [0.2, 0.25) is 0 Å². The van der Waals surface area contributed by atoms with E-state index in [4.69, 9.17) is 10.4 Å². The zero-order valence-corrected chi connectivity index (χ0v) is 60.7. The first-order valence-corrected chi connectivity index (χ1v) is 39.5. The molecular weight excluding hydrogens is 1360 g/mol. The summed E-state index contributed by atoms with van der Waals surface area (Å²) >= 11 is 3.38. The molecular formula is C80H76N2O11S6. The third-order valence-corrected chi connectivity index (χ3v) is 25.9. The lowest BCUT2D eigenvalue weighted by atomic mass is 9.80. The van der Waals surface area contributed by atoms with Gasteiger partial charge < -0.3 is 9.66 Å². The lowest BCUT2D eigenvalue weighted by Crippen LogP contribution is -2.40. The number of oxime groups is 1. The minimum absolute atomic E-state index is 0.0419. The first-order chi connectivity index (χ1) is 47.2. The number of sulfone groups is 1. The molecule has 2 saturated carbocycles. The molecule has 1 N–H and O–H groups in total. The molecule has 0 radical (unpaired) electrons. The summed E-state index contributed by atoms with van der Waals surface area (Å²) in [7, 11) is -12.2. The molecule has 0 heterocycles. The normalized spacial score (nSPS) is 15.9. The highest BCUT2D eigenvalue weighted by Gasteiger charge is 2.58. The van der Waals surface area contributed by atoms with Crippen LogP contribution in [0.25, 0.3) is 22.3 Å². The standard InChI is InChI=1S/C36H27S2.C18H20O3S2.C16H14N2O4S.C10H16O4S/c1-4-10-28(11-5-1)30-16-20-32(21-17-30)37-33-22-26-36(27-23-33)38(34-14-8-3-9-15-34)35-24-18-31(19-25-35)29-12-6-2-7-13-29;1-13-5-11-16(12-6-13)23(20,21)18(2,3)17(19)14-7-9-15(22-4)10-8-14;1-12-2-8-15(9-3-12)23(20,21)22-18-16(10-17)14-6-4-13(11-19)5-7-14;1-10(2)7-3-6(5-15(12,13)14)9(10)8(11)4-7/h1-27H;5-12H,1-4H3;2-9,19H,11H2,1H3;6-7,9H,3-5H2,1-2H3,(H,12,13,14)/q+1;;;/p-1/b;;18-16+;. The van der Waals surface area contributed by atoms with E-state index in [1.807, 2.05) is 46.1 Å². The number of benzene rings is 10. The molecule has 19 heteroatoms. The number of nitrogens with zero attached hydrogens (tertiary/aromatic N) is 2. The topological polar surface area (TPSA) is 225 Å². The van der Waals surface area contributed by atoms with Crippen LogP contribution in [0.4, 0.5) is 0 Å². The van der Waals surface area contributed by atoms with E-state index in [9.17, 15) is 39.4 Å². The number of hydrogen-bond acceptors (Lipinski definition) is 15. The molecule has 4 unspecified atom stereocenters. The van der Waals surface area contributed by atoms with Gasteiger partial charge in [-0.1, -0.05) is 194 Å². The molecule has 12 rings (SSSR count). The molecule has 0 aromatic heterocycles. The summed E-state index contributed by atoms with van der Waals surface area (Å²) in [4.78, 5) is 32.1. The van der Waals surface area contributed by atoms with Gasteiger partial charge in [0.05, 0.1) is 32.5 Å². The van der Waals surface area contributed by atoms with Gasteiger partial charge in [0.2, 0.25) is 0 Å². The second kappa shape index (κ2) is 33.0. The summed E-state index contributed by atoms with van der Waals surface area (Å²) in [5, 5.41) is 21.5. The monoisotopic (exact) mass is 1430 g/mol. The molecule has 4 atom stereocenters. The van der Waals surface area contributed by atoms with Crippen LogP contribution in [-0.2, 0) is 56.7 Å². The Bertz CT molecular complexity index is 4810. The molecule has 0 saturated heterocycles. The van der Waals surface area contributed by atoms with Crippen LogP contribution in [-0.4, -0.2) is 68.9 Å². The number of aliphatic hydroxyl groups is 1. The summed E-state index contributed by atoms with van der Waals surface area (Å²) in [5.41, 5.74) is 8.04. The van der Waals surface area contributed by atoms with Crippen LogP contribution in [0.5, 0.6) is 0 Å². The average molecular weight is 1430 g/mol. The maximum Gasteiger partial charge on any atom is 0.358 e. The quantitative estimate of drug-likeness (QED) is 0.0198. The van der Waals surface area contributed by atoms with Crippen LogP contribution < -0.4 is 0 Å². The van der Waals surface area contributed by atoms with Crippen molar-refractivity contribution in [3.63, 3.8) is 0 Å². The number of carbonyl (C=O) groups is 2. The number of aryl methyl sites for hydroxylation is 2. The molecule has 13 nitrogen and oxygen atoms in total. The maximum atomic E-state index is 12.9. The third-order valence-electron chi connectivity index (χ3n) is 17.5. The number of carbonyl (C=O) groups excluding carboxylic acids is 2. The van der Waals surface area contributed by atoms with Crippen LogP contribution in [0, 0.1) is 48.3 Å². The molecule has 99 heavy (non-hydrogen) atoms. The van der Waals surface area contributed by atoms with Crippen molar-refractivity contribution >= 4 is 81.8 Å². The Morgan fingerprint density at radius 1 is 0.596 bits per heavy atom. The minimum atomic E-state index is -4.21. The zero-order valence-electron chi connectivity index (χ0n) is 55.8. The molecule has 0 aliphatic heterocycles. The zero-order chi connectivity index (χ0) is 71.1. The molecule has 0 amide bonds. The second-order valence-corrected chi connectivity index (χ2v) is 34.5. The summed E-state index contributed by atoms with van der Waals surface area (Å²) in [5.74, 6) is -0.819. The number of rotatable bonds is 19. The molecule has 10 aromatic carbocycles. The lowest BCUT2D eigenvalue weighted by molar-refractivity contribution is -0.123. The number of ketones is 2. The fraction of sp³-hybridized carbons (Fsp3) is 0.200. The predicted octanol–water partition coefficient (Wildman–Crippen LogP) is 17.3. The number of Topliss-reactive ketones (excluding diaryl/α,β-unsaturated/α-hetero) is 2. The number of aliphatic hydroxyl groups excluding tert-OH is 1. The summed E-state index contributed by atoms with van der Waals surface area (Å²) < 4.78 is 85.0. The average Bonchev–Trinajstić information content (AvgIpc) is 1.61. The van der Waals surface area contributed by atoms with E-state index < -0.39 is 40.6 Å². The van der Waals surface area contributed by atoms with Crippen molar-refractivity contribution in [3.05, 3.63) is 289 Å². The Hall–Kier alpha value is -8.68. The van der Waals surface area contributed by atoms with Gasteiger partial charge in [-0.25, -0.2) is 16.8 Å². The first kappa shape index (κ1) is 74.5. The first-order valence-electron chi connectivity index (χ1n) is 31.7. The molecule has 2 aliphatic carbocycles. The lowest BCUT2D eigenvalue weighted by Gasteiger charge is -2.25. The van der Waals surface area contributed by atoms with Crippen molar-refractivity contribution in [3.8, 4) is 28.3 Å². The predicted molar refractivity (Wildman–Crippen MR) is 395 cm³/mol. The van der Waals surface area contributed by atoms with Crippen LogP contribution >= 0.6 is 23.5 Å². The highest BCUT2D eigenvalue weighted by Crippen LogP contribution is 2.58. The Morgan fingerprint density at radius 3 is 1.47 bits per heavy atom. The van der Waals surface area contributed by atoms with Gasteiger partial charge in [0.1, 0.15) is 21.5 Å². The summed E-state index contributed by atoms with van der Waals surface area (Å²) in [6, 6.07) is 86.7. The van der Waals surface area contributed by atoms with Gasteiger partial charge in [0.15, 0.2) is 36.0 Å². The van der Waals surface area contributed by atoms with E-state index in [1.165, 1.54) is 72.7 Å². The number of thioether (sulfide) groups is 1. The van der Waals surface area contributed by atoms with Gasteiger partial charge in [-0.15, -0.1) is 11.8 Å². The van der Waals surface area contributed by atoms with E-state index in [-0.39, 0.29) is 67.7 Å². The molecule has 10 aromatic rings. The van der Waals surface area contributed by atoms with E-state index in [2.05, 4.69) is 173 Å². The van der Waals surface area contributed by atoms with Crippen LogP contribution in [0.15, 0.2) is 305 Å². The van der Waals surface area contributed by atoms with Crippen LogP contribution in [0.3, 0.4) is 0 Å². The van der Waals surface area contributed by atoms with Gasteiger partial charge in [-0.05, 0) is 195 Å². The number of hydrogen-bond donors (Lipinski definition) is 1. The van der Waals surface area contributed by atoms with Gasteiger partial charge in [-0.2, -0.15) is 13.7 Å². The van der Waals surface area contributed by atoms with Crippen molar-refractivity contribution in [1.82, 2.24) is 0 Å². The largest absolute Gasteiger partial charge is 0.748 e. The summed E-state index contributed by atoms with van der Waals surface area (Å²) in [6.45, 7) is 10.5. The SMILES string of the molecule is CC1(C)C2CC(=O)C1C(CS(=O)(=O)[O-])C2.CSc1ccc(C(=O)C(C)(C)S(=O)(=O)c2ccc(C)cc2)cc1.Cc1ccc(S(=O)(=O)O/N=C(\C#N)c2ccc(CO)cc2)cc1.c1ccc(-c2ccc(Sc3ccc([S+](c4ccccc4)c4ccc(-c5ccccc5)cc4)cc3)cc2)cc1. The van der Waals surface area contributed by atoms with Crippen molar-refractivity contribution < 1.29 is 48.8 Å². The molecule has 0 spiro atoms. The fourth-order valence-electron chi connectivity index (χ4n) is 12.0. The van der Waals surface area contributed by atoms with E-state index >= 15 is 0 Å². The highest BCUT2D eigenvalue weighted by atomic mass is 32.2. The molecule has 2 bridgehead atoms. The number of nitriles is 1. The van der Waals surface area contributed by atoms with Crippen LogP contribution in [0.1, 0.15) is 73.1 Å². The van der Waals surface area contributed by atoms with E-state index in [0.717, 1.165) is 16.0 Å². The van der Waals surface area contributed by atoms with Crippen molar-refractivity contribution in [1.29, 1.82) is 5.26 Å². The maximum absolute atomic E-state index is 12.9. The molecule has 2 fully saturated rings. The minimum Gasteiger partial charge on any atom is -0.748 e. The molecule has 508 valence electrons. The Kier molecular flexibility index (Phi) is 24.8. The smallest absolute Gasteiger partial charge is 0.358 e. The van der Waals surface area contributed by atoms with Crippen molar-refractivity contribution in [2.75, 3.05) is 12.0 Å². The Morgan fingerprint density at radius 2 is 1.02 bits per heavy atom. The number of fused-ring (bicyclic) bond motifs is 2. The van der Waals surface area contributed by atoms with Crippen molar-refractivity contribution in [2.24, 2.45) is 28.3 Å². The van der Waals surface area contributed by atoms with Gasteiger partial charge in [0.25, 0.3) is 0 Å². The van der Waals surface area contributed by atoms with Gasteiger partial charge in [-0.3, -0.25) is 13.9 Å². The van der Waals surface area contributed by atoms with Gasteiger partial charge >= 0.3 is 10.1 Å². The third kappa shape index (κ3) is 19.0. The second-order valence-electron chi connectivity index (χ2n) is 25.0.